The number of aliphatic carboxylic acids is 1. The molecule has 0 aliphatic rings. The van der Waals surface area contributed by atoms with Gasteiger partial charge in [0.25, 0.3) is 0 Å². The van der Waals surface area contributed by atoms with Crippen LogP contribution in [-0.4, -0.2) is 49.7 Å². The first-order valence-corrected chi connectivity index (χ1v) is 7.30. The zero-order valence-electron chi connectivity index (χ0n) is 13.4. The Kier molecular flexibility index (Phi) is 6.96. The Balaban J connectivity index is 3.02. The predicted octanol–water partition coefficient (Wildman–Crippen LogP) is 2.81. The van der Waals surface area contributed by atoms with Gasteiger partial charge in [0.05, 0.1) is 0 Å². The first-order chi connectivity index (χ1) is 9.90. The standard InChI is InChI=1S/C17H26N2O2/c1-14(2)13-19(12-11-18(3)4)16-8-6-5-7-15(16)9-10-17(20)21/h5-10,14H,11-13H2,1-4H3,(H,20,21). The van der Waals surface area contributed by atoms with E-state index in [4.69, 9.17) is 5.11 Å². The second kappa shape index (κ2) is 8.47. The van der Waals surface area contributed by atoms with Crippen LogP contribution in [0.25, 0.3) is 6.08 Å². The maximum absolute atomic E-state index is 10.7. The Morgan fingerprint density at radius 1 is 1.24 bits per heavy atom. The summed E-state index contributed by atoms with van der Waals surface area (Å²) >= 11 is 0. The van der Waals surface area contributed by atoms with Crippen LogP contribution in [0.1, 0.15) is 19.4 Å². The van der Waals surface area contributed by atoms with E-state index in [2.05, 4.69) is 43.8 Å². The van der Waals surface area contributed by atoms with E-state index in [1.807, 2.05) is 18.2 Å². The molecule has 4 heteroatoms. The lowest BCUT2D eigenvalue weighted by molar-refractivity contribution is -0.131. The van der Waals surface area contributed by atoms with E-state index in [1.54, 1.807) is 6.08 Å². The molecule has 0 spiro atoms. The molecule has 0 fully saturated rings. The number of benzene rings is 1. The maximum atomic E-state index is 10.7. The lowest BCUT2D eigenvalue weighted by Gasteiger charge is -2.29. The molecular formula is C17H26N2O2. The average Bonchev–Trinajstić information content (AvgIpc) is 2.41. The first-order valence-electron chi connectivity index (χ1n) is 7.30. The lowest BCUT2D eigenvalue weighted by atomic mass is 10.1. The van der Waals surface area contributed by atoms with Crippen molar-refractivity contribution < 1.29 is 9.90 Å². The van der Waals surface area contributed by atoms with Gasteiger partial charge in [0.15, 0.2) is 0 Å². The van der Waals surface area contributed by atoms with Crippen molar-refractivity contribution in [2.45, 2.75) is 13.8 Å². The van der Waals surface area contributed by atoms with Crippen molar-refractivity contribution in [1.82, 2.24) is 4.90 Å². The zero-order valence-corrected chi connectivity index (χ0v) is 13.4. The monoisotopic (exact) mass is 290 g/mol. The van der Waals surface area contributed by atoms with Crippen molar-refractivity contribution in [3.63, 3.8) is 0 Å². The number of hydrogen-bond donors (Lipinski definition) is 1. The quantitative estimate of drug-likeness (QED) is 0.748. The molecule has 0 aromatic heterocycles. The zero-order chi connectivity index (χ0) is 15.8. The fraction of sp³-hybridized carbons (Fsp3) is 0.471. The number of carboxylic acid groups (broad SMARTS) is 1. The third kappa shape index (κ3) is 6.45. The molecule has 0 aliphatic heterocycles. The average molecular weight is 290 g/mol. The number of likely N-dealkylation sites (N-methyl/N-ethyl adjacent to an activating group) is 1. The van der Waals surface area contributed by atoms with Crippen molar-refractivity contribution in [3.05, 3.63) is 35.9 Å². The van der Waals surface area contributed by atoms with Gasteiger partial charge < -0.3 is 14.9 Å². The van der Waals surface area contributed by atoms with E-state index < -0.39 is 5.97 Å². The third-order valence-electron chi connectivity index (χ3n) is 3.09. The molecule has 0 saturated heterocycles. The highest BCUT2D eigenvalue weighted by Crippen LogP contribution is 2.22. The summed E-state index contributed by atoms with van der Waals surface area (Å²) in [5.74, 6) is -0.378. The van der Waals surface area contributed by atoms with Crippen LogP contribution in [-0.2, 0) is 4.79 Å². The van der Waals surface area contributed by atoms with E-state index in [-0.39, 0.29) is 0 Å². The molecule has 1 N–H and O–H groups in total. The Hall–Kier alpha value is -1.81. The van der Waals surface area contributed by atoms with Gasteiger partial charge in [0.2, 0.25) is 0 Å². The summed E-state index contributed by atoms with van der Waals surface area (Å²) in [5.41, 5.74) is 2.03. The SMILES string of the molecule is CC(C)CN(CCN(C)C)c1ccccc1C=CC(=O)O. The van der Waals surface area contributed by atoms with Gasteiger partial charge in [-0.25, -0.2) is 4.79 Å². The molecule has 0 radical (unpaired) electrons. The van der Waals surface area contributed by atoms with Crippen molar-refractivity contribution in [3.8, 4) is 0 Å². The van der Waals surface area contributed by atoms with Gasteiger partial charge in [0.1, 0.15) is 0 Å². The summed E-state index contributed by atoms with van der Waals surface area (Å²) in [6, 6.07) is 7.94. The summed E-state index contributed by atoms with van der Waals surface area (Å²) in [4.78, 5) is 15.2. The molecule has 21 heavy (non-hydrogen) atoms. The predicted molar refractivity (Wildman–Crippen MR) is 88.7 cm³/mol. The molecule has 0 saturated carbocycles. The highest BCUT2D eigenvalue weighted by molar-refractivity contribution is 5.87. The van der Waals surface area contributed by atoms with E-state index >= 15 is 0 Å². The Morgan fingerprint density at radius 2 is 1.90 bits per heavy atom. The van der Waals surface area contributed by atoms with Crippen LogP contribution in [0, 0.1) is 5.92 Å². The fourth-order valence-corrected chi connectivity index (χ4v) is 2.15. The molecule has 1 rings (SSSR count). The highest BCUT2D eigenvalue weighted by Gasteiger charge is 2.11. The van der Waals surface area contributed by atoms with Gasteiger partial charge in [-0.3, -0.25) is 0 Å². The van der Waals surface area contributed by atoms with Gasteiger partial charge in [-0.1, -0.05) is 32.0 Å². The molecule has 0 unspecified atom stereocenters. The smallest absolute Gasteiger partial charge is 0.328 e. The number of nitrogens with zero attached hydrogens (tertiary/aromatic N) is 2. The van der Waals surface area contributed by atoms with Gasteiger partial charge in [-0.2, -0.15) is 0 Å². The normalized spacial score (nSPS) is 11.5. The Labute approximate surface area is 127 Å². The Bertz CT molecular complexity index is 481. The molecule has 0 bridgehead atoms. The number of hydrogen-bond acceptors (Lipinski definition) is 3. The van der Waals surface area contributed by atoms with Crippen molar-refractivity contribution >= 4 is 17.7 Å². The van der Waals surface area contributed by atoms with Gasteiger partial charge in [0, 0.05) is 31.4 Å². The molecule has 0 aliphatic carbocycles. The molecule has 0 amide bonds. The summed E-state index contributed by atoms with van der Waals surface area (Å²) in [6.45, 7) is 7.22. The van der Waals surface area contributed by atoms with Crippen molar-refractivity contribution in [1.29, 1.82) is 0 Å². The minimum absolute atomic E-state index is 0.545. The molecule has 1 aromatic carbocycles. The number of carboxylic acids is 1. The third-order valence-corrected chi connectivity index (χ3v) is 3.09. The van der Waals surface area contributed by atoms with Crippen LogP contribution in [0.4, 0.5) is 5.69 Å². The number of para-hydroxylation sites is 1. The van der Waals surface area contributed by atoms with Gasteiger partial charge >= 0.3 is 5.97 Å². The summed E-state index contributed by atoms with van der Waals surface area (Å²) in [5, 5.41) is 8.82. The summed E-state index contributed by atoms with van der Waals surface area (Å²) in [7, 11) is 4.12. The second-order valence-electron chi connectivity index (χ2n) is 5.87. The minimum atomic E-state index is -0.923. The largest absolute Gasteiger partial charge is 0.478 e. The molecule has 0 heterocycles. The summed E-state index contributed by atoms with van der Waals surface area (Å²) in [6.07, 6.45) is 2.86. The topological polar surface area (TPSA) is 43.8 Å². The van der Waals surface area contributed by atoms with E-state index in [0.717, 1.165) is 30.9 Å². The maximum Gasteiger partial charge on any atom is 0.328 e. The molecule has 116 valence electrons. The minimum Gasteiger partial charge on any atom is -0.478 e. The fourth-order valence-electron chi connectivity index (χ4n) is 2.15. The molecule has 0 atom stereocenters. The second-order valence-corrected chi connectivity index (χ2v) is 5.87. The van der Waals surface area contributed by atoms with Crippen LogP contribution in [0.15, 0.2) is 30.3 Å². The van der Waals surface area contributed by atoms with Crippen LogP contribution >= 0.6 is 0 Å². The number of carbonyl (C=O) groups is 1. The van der Waals surface area contributed by atoms with Crippen molar-refractivity contribution in [2.24, 2.45) is 5.92 Å². The molecule has 1 aromatic rings. The van der Waals surface area contributed by atoms with E-state index in [0.29, 0.717) is 5.92 Å². The highest BCUT2D eigenvalue weighted by atomic mass is 16.4. The Morgan fingerprint density at radius 3 is 2.48 bits per heavy atom. The van der Waals surface area contributed by atoms with Crippen molar-refractivity contribution in [2.75, 3.05) is 38.6 Å². The van der Waals surface area contributed by atoms with Crippen LogP contribution in [0.2, 0.25) is 0 Å². The number of anilines is 1. The lowest BCUT2D eigenvalue weighted by Crippen LogP contribution is -2.34. The van der Waals surface area contributed by atoms with Crippen LogP contribution < -0.4 is 4.90 Å². The van der Waals surface area contributed by atoms with Crippen LogP contribution in [0.3, 0.4) is 0 Å². The van der Waals surface area contributed by atoms with Crippen LogP contribution in [0.5, 0.6) is 0 Å². The first kappa shape index (κ1) is 17.2. The van der Waals surface area contributed by atoms with E-state index in [1.165, 1.54) is 6.08 Å². The molecule has 4 nitrogen and oxygen atoms in total. The van der Waals surface area contributed by atoms with Gasteiger partial charge in [-0.15, -0.1) is 0 Å². The summed E-state index contributed by atoms with van der Waals surface area (Å²) < 4.78 is 0. The van der Waals surface area contributed by atoms with Gasteiger partial charge in [-0.05, 0) is 37.7 Å². The van der Waals surface area contributed by atoms with E-state index in [9.17, 15) is 4.79 Å². The number of rotatable bonds is 8. The molecular weight excluding hydrogens is 264 g/mol.